The van der Waals surface area contributed by atoms with Crippen LogP contribution in [0.1, 0.15) is 26.2 Å². The predicted octanol–water partition coefficient (Wildman–Crippen LogP) is 1.05. The Bertz CT molecular complexity index is 196. The second kappa shape index (κ2) is 8.79. The quantitative estimate of drug-likeness (QED) is 0.766. The molecule has 1 heterocycles. The molecule has 1 unspecified atom stereocenters. The second-order valence-electron chi connectivity index (χ2n) is 3.92. The maximum absolute atomic E-state index is 11.8. The summed E-state index contributed by atoms with van der Waals surface area (Å²) in [6, 6.07) is 0. The normalized spacial score (nSPS) is 19.2. The van der Waals surface area contributed by atoms with E-state index in [4.69, 9.17) is 4.74 Å². The predicted molar refractivity (Wildman–Crippen MR) is 67.0 cm³/mol. The molecule has 1 aliphatic rings. The molecule has 0 radical (unpaired) electrons. The Hall–Kier alpha value is -0.320. The van der Waals surface area contributed by atoms with Crippen molar-refractivity contribution in [2.45, 2.75) is 32.3 Å². The van der Waals surface area contributed by atoms with Gasteiger partial charge < -0.3 is 15.0 Å². The summed E-state index contributed by atoms with van der Waals surface area (Å²) in [4.78, 5) is 13.6. The number of rotatable bonds is 6. The summed E-state index contributed by atoms with van der Waals surface area (Å²) in [5, 5.41) is 2.99. The first-order valence-corrected chi connectivity index (χ1v) is 5.82. The van der Waals surface area contributed by atoms with E-state index in [1.54, 1.807) is 0 Å². The number of halogens is 1. The zero-order chi connectivity index (χ0) is 11.1. The average Bonchev–Trinajstić information content (AvgIpc) is 2.75. The van der Waals surface area contributed by atoms with E-state index < -0.39 is 0 Å². The molecule has 0 spiro atoms. The summed E-state index contributed by atoms with van der Waals surface area (Å²) in [5.41, 5.74) is 0. The Kier molecular flexibility index (Phi) is 8.61. The topological polar surface area (TPSA) is 41.6 Å². The molecule has 1 aliphatic heterocycles. The highest BCUT2D eigenvalue weighted by atomic mass is 35.5. The van der Waals surface area contributed by atoms with Gasteiger partial charge in [0.2, 0.25) is 5.91 Å². The Morgan fingerprint density at radius 3 is 2.81 bits per heavy atom. The zero-order valence-corrected chi connectivity index (χ0v) is 11.0. The lowest BCUT2D eigenvalue weighted by Gasteiger charge is -2.24. The van der Waals surface area contributed by atoms with Crippen molar-refractivity contribution in [1.82, 2.24) is 10.2 Å². The van der Waals surface area contributed by atoms with Crippen LogP contribution < -0.4 is 5.32 Å². The SMILES string of the molecule is CCN(CC1CCCO1)C(=O)CCNC.Cl. The van der Waals surface area contributed by atoms with Gasteiger partial charge in [0.15, 0.2) is 0 Å². The van der Waals surface area contributed by atoms with Gasteiger partial charge in [-0.25, -0.2) is 0 Å². The van der Waals surface area contributed by atoms with Crippen LogP contribution in [0.15, 0.2) is 0 Å². The van der Waals surface area contributed by atoms with Gasteiger partial charge in [-0.05, 0) is 26.8 Å². The largest absolute Gasteiger partial charge is 0.376 e. The van der Waals surface area contributed by atoms with Crippen LogP contribution in [0, 0.1) is 0 Å². The van der Waals surface area contributed by atoms with Crippen LogP contribution >= 0.6 is 12.4 Å². The van der Waals surface area contributed by atoms with Crippen LogP contribution in [-0.2, 0) is 9.53 Å². The highest BCUT2D eigenvalue weighted by Gasteiger charge is 2.20. The van der Waals surface area contributed by atoms with Crippen LogP contribution in [-0.4, -0.2) is 50.2 Å². The Morgan fingerprint density at radius 1 is 1.56 bits per heavy atom. The number of amides is 1. The van der Waals surface area contributed by atoms with E-state index in [9.17, 15) is 4.79 Å². The molecular formula is C11H23ClN2O2. The molecule has 0 aromatic heterocycles. The van der Waals surface area contributed by atoms with Gasteiger partial charge in [0.05, 0.1) is 6.10 Å². The van der Waals surface area contributed by atoms with E-state index in [1.807, 2.05) is 18.9 Å². The molecule has 1 N–H and O–H groups in total. The molecule has 16 heavy (non-hydrogen) atoms. The number of carbonyl (C=O) groups is 1. The molecule has 0 aliphatic carbocycles. The molecule has 1 atom stereocenters. The lowest BCUT2D eigenvalue weighted by Crippen LogP contribution is -2.38. The Labute approximate surface area is 104 Å². The van der Waals surface area contributed by atoms with E-state index in [0.717, 1.165) is 39.1 Å². The summed E-state index contributed by atoms with van der Waals surface area (Å²) in [6.45, 7) is 5.17. The van der Waals surface area contributed by atoms with Gasteiger partial charge in [0.25, 0.3) is 0 Å². The summed E-state index contributed by atoms with van der Waals surface area (Å²) in [7, 11) is 1.86. The van der Waals surface area contributed by atoms with E-state index in [-0.39, 0.29) is 24.4 Å². The van der Waals surface area contributed by atoms with Gasteiger partial charge in [-0.1, -0.05) is 0 Å². The summed E-state index contributed by atoms with van der Waals surface area (Å²) < 4.78 is 5.53. The van der Waals surface area contributed by atoms with Gasteiger partial charge in [0, 0.05) is 32.7 Å². The van der Waals surface area contributed by atoms with Crippen LogP contribution in [0.5, 0.6) is 0 Å². The Morgan fingerprint density at radius 2 is 2.31 bits per heavy atom. The molecule has 1 saturated heterocycles. The number of carbonyl (C=O) groups excluding carboxylic acids is 1. The molecule has 0 aromatic rings. The van der Waals surface area contributed by atoms with Crippen LogP contribution in [0.3, 0.4) is 0 Å². The maximum atomic E-state index is 11.8. The summed E-state index contributed by atoms with van der Waals surface area (Å²) >= 11 is 0. The molecule has 5 heteroatoms. The third kappa shape index (κ3) is 5.14. The highest BCUT2D eigenvalue weighted by molar-refractivity contribution is 5.85. The third-order valence-electron chi connectivity index (χ3n) is 2.77. The van der Waals surface area contributed by atoms with Crippen molar-refractivity contribution in [1.29, 1.82) is 0 Å². The highest BCUT2D eigenvalue weighted by Crippen LogP contribution is 2.13. The number of likely N-dealkylation sites (N-methyl/N-ethyl adjacent to an activating group) is 1. The number of hydrogen-bond acceptors (Lipinski definition) is 3. The number of nitrogens with one attached hydrogen (secondary N) is 1. The standard InChI is InChI=1S/C11H22N2O2.ClH/c1-3-13(11(14)6-7-12-2)9-10-5-4-8-15-10;/h10,12H,3-9H2,1-2H3;1H. The van der Waals surface area contributed by atoms with Crippen molar-refractivity contribution in [3.63, 3.8) is 0 Å². The Balaban J connectivity index is 0.00000225. The van der Waals surface area contributed by atoms with Crippen LogP contribution in [0.25, 0.3) is 0 Å². The van der Waals surface area contributed by atoms with Crippen molar-refractivity contribution < 1.29 is 9.53 Å². The molecule has 1 amide bonds. The molecule has 4 nitrogen and oxygen atoms in total. The van der Waals surface area contributed by atoms with Crippen molar-refractivity contribution in [3.8, 4) is 0 Å². The fraction of sp³-hybridized carbons (Fsp3) is 0.909. The number of ether oxygens (including phenoxy) is 1. The summed E-state index contributed by atoms with van der Waals surface area (Å²) in [6.07, 6.45) is 3.07. The maximum Gasteiger partial charge on any atom is 0.223 e. The van der Waals surface area contributed by atoms with Gasteiger partial charge in [-0.15, -0.1) is 12.4 Å². The molecule has 1 fully saturated rings. The van der Waals surface area contributed by atoms with Crippen molar-refractivity contribution in [2.75, 3.05) is 33.3 Å². The smallest absolute Gasteiger partial charge is 0.223 e. The fourth-order valence-corrected chi connectivity index (χ4v) is 1.83. The van der Waals surface area contributed by atoms with Gasteiger partial charge >= 0.3 is 0 Å². The monoisotopic (exact) mass is 250 g/mol. The number of hydrogen-bond donors (Lipinski definition) is 1. The lowest BCUT2D eigenvalue weighted by atomic mass is 10.2. The van der Waals surface area contributed by atoms with Gasteiger partial charge in [-0.2, -0.15) is 0 Å². The fourth-order valence-electron chi connectivity index (χ4n) is 1.83. The minimum Gasteiger partial charge on any atom is -0.376 e. The first kappa shape index (κ1) is 15.7. The molecule has 0 bridgehead atoms. The zero-order valence-electron chi connectivity index (χ0n) is 10.2. The average molecular weight is 251 g/mol. The van der Waals surface area contributed by atoms with E-state index in [2.05, 4.69) is 5.32 Å². The molecule has 96 valence electrons. The third-order valence-corrected chi connectivity index (χ3v) is 2.77. The lowest BCUT2D eigenvalue weighted by molar-refractivity contribution is -0.132. The van der Waals surface area contributed by atoms with E-state index in [0.29, 0.717) is 6.42 Å². The van der Waals surface area contributed by atoms with Crippen molar-refractivity contribution in [3.05, 3.63) is 0 Å². The van der Waals surface area contributed by atoms with Crippen molar-refractivity contribution >= 4 is 18.3 Å². The first-order chi connectivity index (χ1) is 7.27. The van der Waals surface area contributed by atoms with Crippen LogP contribution in [0.2, 0.25) is 0 Å². The minimum absolute atomic E-state index is 0. The van der Waals surface area contributed by atoms with Gasteiger partial charge in [-0.3, -0.25) is 4.79 Å². The van der Waals surface area contributed by atoms with Gasteiger partial charge in [0.1, 0.15) is 0 Å². The first-order valence-electron chi connectivity index (χ1n) is 5.82. The second-order valence-corrected chi connectivity index (χ2v) is 3.92. The molecular weight excluding hydrogens is 228 g/mol. The van der Waals surface area contributed by atoms with Crippen LogP contribution in [0.4, 0.5) is 0 Å². The summed E-state index contributed by atoms with van der Waals surface area (Å²) in [5.74, 6) is 0.224. The van der Waals surface area contributed by atoms with Crippen molar-refractivity contribution in [2.24, 2.45) is 0 Å². The van der Waals surface area contributed by atoms with E-state index in [1.165, 1.54) is 0 Å². The molecule has 0 aromatic carbocycles. The molecule has 0 saturated carbocycles. The molecule has 1 rings (SSSR count). The minimum atomic E-state index is 0. The number of nitrogens with zero attached hydrogens (tertiary/aromatic N) is 1. The van der Waals surface area contributed by atoms with E-state index >= 15 is 0 Å².